The first-order valence-corrected chi connectivity index (χ1v) is 6.74. The lowest BCUT2D eigenvalue weighted by Crippen LogP contribution is -2.54. The van der Waals surface area contributed by atoms with Gasteiger partial charge in [0.05, 0.1) is 0 Å². The summed E-state index contributed by atoms with van der Waals surface area (Å²) in [6.45, 7) is 13.0. The first-order chi connectivity index (χ1) is 7.67. The number of rotatable bonds is 6. The molecule has 0 radical (unpaired) electrons. The molecule has 0 aromatic heterocycles. The van der Waals surface area contributed by atoms with Crippen LogP contribution in [-0.2, 0) is 0 Å². The third-order valence-corrected chi connectivity index (χ3v) is 3.29. The van der Waals surface area contributed by atoms with E-state index in [2.05, 4.69) is 30.6 Å². The molecule has 0 aromatic carbocycles. The topological polar surface area (TPSA) is 26.7 Å². The molecular formula is C13H28N2O. The summed E-state index contributed by atoms with van der Waals surface area (Å²) in [6, 6.07) is 0.563. The molecule has 1 N–H and O–H groups in total. The van der Waals surface area contributed by atoms with Gasteiger partial charge in [-0.15, -0.1) is 0 Å². The fraction of sp³-hybridized carbons (Fsp3) is 1.00. The van der Waals surface area contributed by atoms with Gasteiger partial charge in [-0.05, 0) is 25.3 Å². The van der Waals surface area contributed by atoms with Gasteiger partial charge in [0.25, 0.3) is 0 Å². The Kier molecular flexibility index (Phi) is 6.32. The highest BCUT2D eigenvalue weighted by molar-refractivity contribution is 4.82. The van der Waals surface area contributed by atoms with Crippen molar-refractivity contribution >= 4 is 0 Å². The Morgan fingerprint density at radius 1 is 1.31 bits per heavy atom. The van der Waals surface area contributed by atoms with Crippen LogP contribution in [0.15, 0.2) is 0 Å². The van der Waals surface area contributed by atoms with Crippen LogP contribution < -0.4 is 0 Å². The highest BCUT2D eigenvalue weighted by Crippen LogP contribution is 2.14. The molecule has 1 saturated heterocycles. The second kappa shape index (κ2) is 7.25. The van der Waals surface area contributed by atoms with E-state index in [1.807, 2.05) is 0 Å². The Labute approximate surface area is 100 Å². The molecule has 0 saturated carbocycles. The molecule has 1 heterocycles. The normalized spacial score (nSPS) is 24.2. The van der Waals surface area contributed by atoms with Crippen molar-refractivity contribution in [2.24, 2.45) is 5.92 Å². The fourth-order valence-electron chi connectivity index (χ4n) is 2.61. The van der Waals surface area contributed by atoms with E-state index >= 15 is 0 Å². The Hall–Kier alpha value is -0.120. The van der Waals surface area contributed by atoms with Gasteiger partial charge in [-0.1, -0.05) is 20.8 Å². The van der Waals surface area contributed by atoms with Gasteiger partial charge in [-0.3, -0.25) is 4.90 Å². The van der Waals surface area contributed by atoms with Gasteiger partial charge in [0.2, 0.25) is 0 Å². The highest BCUT2D eigenvalue weighted by atomic mass is 16.3. The SMILES string of the molecule is CCCN1CCN(CC(C)C)[C@@H](CCO)C1. The first kappa shape index (κ1) is 13.9. The fourth-order valence-corrected chi connectivity index (χ4v) is 2.61. The van der Waals surface area contributed by atoms with E-state index in [9.17, 15) is 0 Å². The molecule has 0 amide bonds. The van der Waals surface area contributed by atoms with Gasteiger partial charge in [-0.25, -0.2) is 0 Å². The molecule has 3 heteroatoms. The minimum Gasteiger partial charge on any atom is -0.396 e. The smallest absolute Gasteiger partial charge is 0.0446 e. The minimum absolute atomic E-state index is 0.319. The quantitative estimate of drug-likeness (QED) is 0.745. The molecule has 96 valence electrons. The highest BCUT2D eigenvalue weighted by Gasteiger charge is 2.26. The van der Waals surface area contributed by atoms with Crippen molar-refractivity contribution in [3.8, 4) is 0 Å². The Balaban J connectivity index is 2.45. The zero-order valence-corrected chi connectivity index (χ0v) is 11.2. The standard InChI is InChI=1S/C13H28N2O/c1-4-6-14-7-8-15(10-12(2)3)13(11-14)5-9-16/h12-13,16H,4-11H2,1-3H3/t13-/m0/s1. The van der Waals surface area contributed by atoms with E-state index in [0.717, 1.165) is 18.9 Å². The van der Waals surface area contributed by atoms with E-state index in [1.165, 1.54) is 32.6 Å². The average molecular weight is 228 g/mol. The van der Waals surface area contributed by atoms with Gasteiger partial charge in [-0.2, -0.15) is 0 Å². The molecular weight excluding hydrogens is 200 g/mol. The first-order valence-electron chi connectivity index (χ1n) is 6.74. The maximum atomic E-state index is 9.14. The predicted octanol–water partition coefficient (Wildman–Crippen LogP) is 1.42. The van der Waals surface area contributed by atoms with Gasteiger partial charge in [0.15, 0.2) is 0 Å². The van der Waals surface area contributed by atoms with Crippen molar-refractivity contribution < 1.29 is 5.11 Å². The number of aliphatic hydroxyl groups excluding tert-OH is 1. The zero-order chi connectivity index (χ0) is 12.0. The van der Waals surface area contributed by atoms with Crippen LogP contribution in [0, 0.1) is 5.92 Å². The average Bonchev–Trinajstić information content (AvgIpc) is 2.22. The third-order valence-electron chi connectivity index (χ3n) is 3.29. The summed E-state index contributed by atoms with van der Waals surface area (Å²) in [4.78, 5) is 5.10. The molecule has 0 aliphatic carbocycles. The van der Waals surface area contributed by atoms with Crippen LogP contribution >= 0.6 is 0 Å². The summed E-state index contributed by atoms with van der Waals surface area (Å²) in [6.07, 6.45) is 2.16. The van der Waals surface area contributed by atoms with Gasteiger partial charge in [0.1, 0.15) is 0 Å². The molecule has 1 aliphatic heterocycles. The van der Waals surface area contributed by atoms with Crippen molar-refractivity contribution in [3.05, 3.63) is 0 Å². The number of hydrogen-bond donors (Lipinski definition) is 1. The van der Waals surface area contributed by atoms with Gasteiger partial charge < -0.3 is 10.0 Å². The lowest BCUT2D eigenvalue weighted by molar-refractivity contribution is 0.0514. The summed E-state index contributed by atoms with van der Waals surface area (Å²) < 4.78 is 0. The van der Waals surface area contributed by atoms with Crippen molar-refractivity contribution in [3.63, 3.8) is 0 Å². The van der Waals surface area contributed by atoms with E-state index in [1.54, 1.807) is 0 Å². The van der Waals surface area contributed by atoms with E-state index in [4.69, 9.17) is 5.11 Å². The van der Waals surface area contributed by atoms with Crippen molar-refractivity contribution in [2.75, 3.05) is 39.3 Å². The monoisotopic (exact) mass is 228 g/mol. The lowest BCUT2D eigenvalue weighted by Gasteiger charge is -2.42. The zero-order valence-electron chi connectivity index (χ0n) is 11.2. The number of nitrogens with zero attached hydrogens (tertiary/aromatic N) is 2. The van der Waals surface area contributed by atoms with E-state index < -0.39 is 0 Å². The molecule has 0 spiro atoms. The van der Waals surface area contributed by atoms with Gasteiger partial charge in [0, 0.05) is 38.8 Å². The summed E-state index contributed by atoms with van der Waals surface area (Å²) in [5.41, 5.74) is 0. The van der Waals surface area contributed by atoms with Crippen LogP contribution in [-0.4, -0.2) is 60.3 Å². The molecule has 1 atom stereocenters. The summed E-state index contributed by atoms with van der Waals surface area (Å²) in [5, 5.41) is 9.14. The molecule has 1 aliphatic rings. The van der Waals surface area contributed by atoms with E-state index in [0.29, 0.717) is 12.6 Å². The van der Waals surface area contributed by atoms with Gasteiger partial charge >= 0.3 is 0 Å². The molecule has 16 heavy (non-hydrogen) atoms. The van der Waals surface area contributed by atoms with Crippen LogP contribution in [0.3, 0.4) is 0 Å². The Morgan fingerprint density at radius 2 is 2.06 bits per heavy atom. The molecule has 0 aromatic rings. The van der Waals surface area contributed by atoms with E-state index in [-0.39, 0.29) is 0 Å². The summed E-state index contributed by atoms with van der Waals surface area (Å²) >= 11 is 0. The maximum absolute atomic E-state index is 9.14. The van der Waals surface area contributed by atoms with Crippen molar-refractivity contribution in [2.45, 2.75) is 39.7 Å². The van der Waals surface area contributed by atoms with Crippen LogP contribution in [0.2, 0.25) is 0 Å². The number of aliphatic hydroxyl groups is 1. The molecule has 0 unspecified atom stereocenters. The molecule has 1 rings (SSSR count). The van der Waals surface area contributed by atoms with Crippen LogP contribution in [0.1, 0.15) is 33.6 Å². The van der Waals surface area contributed by atoms with Crippen molar-refractivity contribution in [1.29, 1.82) is 0 Å². The summed E-state index contributed by atoms with van der Waals surface area (Å²) in [7, 11) is 0. The maximum Gasteiger partial charge on any atom is 0.0446 e. The predicted molar refractivity (Wildman–Crippen MR) is 68.6 cm³/mol. The van der Waals surface area contributed by atoms with Crippen LogP contribution in [0.25, 0.3) is 0 Å². The molecule has 1 fully saturated rings. The third kappa shape index (κ3) is 4.40. The second-order valence-electron chi connectivity index (χ2n) is 5.36. The summed E-state index contributed by atoms with van der Waals surface area (Å²) in [5.74, 6) is 0.721. The second-order valence-corrected chi connectivity index (χ2v) is 5.36. The lowest BCUT2D eigenvalue weighted by atomic mass is 10.1. The Bertz CT molecular complexity index is 185. The molecule has 3 nitrogen and oxygen atoms in total. The number of piperazine rings is 1. The molecule has 0 bridgehead atoms. The number of hydrogen-bond acceptors (Lipinski definition) is 3. The van der Waals surface area contributed by atoms with Crippen LogP contribution in [0.4, 0.5) is 0 Å². The Morgan fingerprint density at radius 3 is 2.62 bits per heavy atom. The van der Waals surface area contributed by atoms with Crippen LogP contribution in [0.5, 0.6) is 0 Å². The largest absolute Gasteiger partial charge is 0.396 e. The minimum atomic E-state index is 0.319. The van der Waals surface area contributed by atoms with Crippen molar-refractivity contribution in [1.82, 2.24) is 9.80 Å².